The number of rotatable bonds is 6. The van der Waals surface area contributed by atoms with E-state index in [2.05, 4.69) is 27.9 Å². The van der Waals surface area contributed by atoms with Crippen LogP contribution in [0.15, 0.2) is 24.3 Å². The summed E-state index contributed by atoms with van der Waals surface area (Å²) in [7, 11) is 0. The van der Waals surface area contributed by atoms with Crippen molar-refractivity contribution in [2.24, 2.45) is 0 Å². The Bertz CT molecular complexity index is 644. The second kappa shape index (κ2) is 6.92. The van der Waals surface area contributed by atoms with E-state index in [9.17, 15) is 4.79 Å². The van der Waals surface area contributed by atoms with Crippen molar-refractivity contribution in [2.75, 3.05) is 6.61 Å². The molecule has 1 aliphatic heterocycles. The van der Waals surface area contributed by atoms with Crippen molar-refractivity contribution in [1.29, 1.82) is 0 Å². The first-order valence-electron chi connectivity index (χ1n) is 8.13. The van der Waals surface area contributed by atoms with Gasteiger partial charge >= 0.3 is 0 Å². The van der Waals surface area contributed by atoms with Crippen molar-refractivity contribution in [3.8, 4) is 0 Å². The van der Waals surface area contributed by atoms with Crippen LogP contribution in [0, 0.1) is 0 Å². The number of aryl methyl sites for hydroxylation is 1. The minimum atomic E-state index is -0.284. The van der Waals surface area contributed by atoms with E-state index in [1.54, 1.807) is 0 Å². The Morgan fingerprint density at radius 1 is 1.45 bits per heavy atom. The molecule has 1 atom stereocenters. The van der Waals surface area contributed by atoms with Gasteiger partial charge < -0.3 is 14.6 Å². The number of benzene rings is 1. The summed E-state index contributed by atoms with van der Waals surface area (Å²) >= 11 is 0. The van der Waals surface area contributed by atoms with Crippen LogP contribution in [0.3, 0.4) is 0 Å². The summed E-state index contributed by atoms with van der Waals surface area (Å²) in [4.78, 5) is 16.8. The highest BCUT2D eigenvalue weighted by atomic mass is 16.5. The number of fused-ring (bicyclic) bond motifs is 1. The maximum absolute atomic E-state index is 12.1. The van der Waals surface area contributed by atoms with Crippen LogP contribution in [0.5, 0.6) is 0 Å². The predicted octanol–water partition coefficient (Wildman–Crippen LogP) is 2.63. The normalized spacial score (nSPS) is 18.0. The van der Waals surface area contributed by atoms with Crippen molar-refractivity contribution in [3.63, 3.8) is 0 Å². The van der Waals surface area contributed by atoms with Gasteiger partial charge in [0.2, 0.25) is 5.91 Å². The van der Waals surface area contributed by atoms with Gasteiger partial charge in [0.1, 0.15) is 11.9 Å². The molecule has 3 rings (SSSR count). The summed E-state index contributed by atoms with van der Waals surface area (Å²) in [5, 5.41) is 2.97. The molecule has 0 bridgehead atoms. The molecular formula is C17H23N3O2. The summed E-state index contributed by atoms with van der Waals surface area (Å²) < 4.78 is 7.63. The Morgan fingerprint density at radius 3 is 3.09 bits per heavy atom. The molecule has 1 fully saturated rings. The highest BCUT2D eigenvalue weighted by Crippen LogP contribution is 2.17. The second-order valence-electron chi connectivity index (χ2n) is 5.74. The molecular weight excluding hydrogens is 278 g/mol. The van der Waals surface area contributed by atoms with E-state index in [-0.39, 0.29) is 12.0 Å². The molecule has 5 nitrogen and oxygen atoms in total. The first-order valence-corrected chi connectivity index (χ1v) is 8.13. The standard InChI is InChI=1S/C17H23N3O2/c1-2-3-10-20-14-8-5-4-7-13(14)19-16(20)12-18-17(21)15-9-6-11-22-15/h4-5,7-8,15H,2-3,6,9-12H2,1H3,(H,18,21). The van der Waals surface area contributed by atoms with Crippen molar-refractivity contribution in [1.82, 2.24) is 14.9 Å². The molecule has 1 aliphatic rings. The van der Waals surface area contributed by atoms with Crippen LogP contribution in [0.4, 0.5) is 0 Å². The molecule has 1 aromatic heterocycles. The summed E-state index contributed by atoms with van der Waals surface area (Å²) in [5.41, 5.74) is 2.12. The van der Waals surface area contributed by atoms with Gasteiger partial charge in [-0.3, -0.25) is 4.79 Å². The third-order valence-electron chi connectivity index (χ3n) is 4.11. The van der Waals surface area contributed by atoms with Gasteiger partial charge in [-0.15, -0.1) is 0 Å². The van der Waals surface area contributed by atoms with Crippen LogP contribution in [0.25, 0.3) is 11.0 Å². The number of ether oxygens (including phenoxy) is 1. The Balaban J connectivity index is 1.75. The molecule has 1 unspecified atom stereocenters. The zero-order valence-electron chi connectivity index (χ0n) is 13.0. The molecule has 0 saturated carbocycles. The van der Waals surface area contributed by atoms with Crippen molar-refractivity contribution >= 4 is 16.9 Å². The Labute approximate surface area is 130 Å². The molecule has 1 aromatic carbocycles. The van der Waals surface area contributed by atoms with Crippen LogP contribution >= 0.6 is 0 Å². The number of hydrogen-bond acceptors (Lipinski definition) is 3. The minimum Gasteiger partial charge on any atom is -0.368 e. The lowest BCUT2D eigenvalue weighted by atomic mass is 10.2. The molecule has 0 spiro atoms. The fourth-order valence-electron chi connectivity index (χ4n) is 2.89. The molecule has 1 N–H and O–H groups in total. The van der Waals surface area contributed by atoms with Crippen LogP contribution in [0.1, 0.15) is 38.4 Å². The molecule has 118 valence electrons. The molecule has 1 amide bonds. The van der Waals surface area contributed by atoms with E-state index in [0.717, 1.165) is 49.1 Å². The number of imidazole rings is 1. The predicted molar refractivity (Wildman–Crippen MR) is 85.5 cm³/mol. The van der Waals surface area contributed by atoms with Gasteiger partial charge in [0.25, 0.3) is 0 Å². The van der Waals surface area contributed by atoms with E-state index in [0.29, 0.717) is 13.2 Å². The lowest BCUT2D eigenvalue weighted by Crippen LogP contribution is -2.34. The lowest BCUT2D eigenvalue weighted by molar-refractivity contribution is -0.130. The van der Waals surface area contributed by atoms with Gasteiger partial charge in [0, 0.05) is 13.2 Å². The monoisotopic (exact) mass is 301 g/mol. The maximum atomic E-state index is 12.1. The zero-order valence-corrected chi connectivity index (χ0v) is 13.0. The zero-order chi connectivity index (χ0) is 15.4. The largest absolute Gasteiger partial charge is 0.368 e. The van der Waals surface area contributed by atoms with Crippen molar-refractivity contribution < 1.29 is 9.53 Å². The maximum Gasteiger partial charge on any atom is 0.249 e. The van der Waals surface area contributed by atoms with Crippen LogP contribution in [-0.2, 0) is 22.6 Å². The smallest absolute Gasteiger partial charge is 0.249 e. The fourth-order valence-corrected chi connectivity index (χ4v) is 2.89. The van der Waals surface area contributed by atoms with E-state index in [4.69, 9.17) is 4.74 Å². The summed E-state index contributed by atoms with van der Waals surface area (Å²) in [6.07, 6.45) is 3.74. The quantitative estimate of drug-likeness (QED) is 0.892. The van der Waals surface area contributed by atoms with Crippen molar-refractivity contribution in [2.45, 2.75) is 51.8 Å². The SMILES string of the molecule is CCCCn1c(CNC(=O)C2CCCO2)nc2ccccc21. The first-order chi connectivity index (χ1) is 10.8. The highest BCUT2D eigenvalue weighted by Gasteiger charge is 2.23. The third-order valence-corrected chi connectivity index (χ3v) is 4.11. The average Bonchev–Trinajstić information content (AvgIpc) is 3.18. The van der Waals surface area contributed by atoms with Crippen LogP contribution in [0.2, 0.25) is 0 Å². The van der Waals surface area contributed by atoms with Gasteiger partial charge in [0.15, 0.2) is 0 Å². The van der Waals surface area contributed by atoms with Gasteiger partial charge in [-0.05, 0) is 31.4 Å². The first kappa shape index (κ1) is 15.0. The fraction of sp³-hybridized carbons (Fsp3) is 0.529. The van der Waals surface area contributed by atoms with Crippen molar-refractivity contribution in [3.05, 3.63) is 30.1 Å². The van der Waals surface area contributed by atoms with E-state index >= 15 is 0 Å². The molecule has 5 heteroatoms. The number of hydrogen-bond donors (Lipinski definition) is 1. The van der Waals surface area contributed by atoms with Gasteiger partial charge in [-0.1, -0.05) is 25.5 Å². The number of carbonyl (C=O) groups excluding carboxylic acids is 1. The molecule has 1 saturated heterocycles. The number of aromatic nitrogens is 2. The lowest BCUT2D eigenvalue weighted by Gasteiger charge is -2.12. The van der Waals surface area contributed by atoms with E-state index < -0.39 is 0 Å². The summed E-state index contributed by atoms with van der Waals surface area (Å²) in [5.74, 6) is 0.896. The summed E-state index contributed by atoms with van der Waals surface area (Å²) in [6, 6.07) is 8.13. The Morgan fingerprint density at radius 2 is 2.32 bits per heavy atom. The number of unbranched alkanes of at least 4 members (excludes halogenated alkanes) is 1. The van der Waals surface area contributed by atoms with Crippen LogP contribution in [-0.4, -0.2) is 28.2 Å². The molecule has 0 radical (unpaired) electrons. The van der Waals surface area contributed by atoms with Crippen LogP contribution < -0.4 is 5.32 Å². The minimum absolute atomic E-state index is 0.0217. The Hall–Kier alpha value is -1.88. The molecule has 2 heterocycles. The number of para-hydroxylation sites is 2. The highest BCUT2D eigenvalue weighted by molar-refractivity contribution is 5.81. The molecule has 0 aliphatic carbocycles. The van der Waals surface area contributed by atoms with Gasteiger partial charge in [0.05, 0.1) is 17.6 Å². The van der Waals surface area contributed by atoms with E-state index in [1.807, 2.05) is 18.2 Å². The van der Waals surface area contributed by atoms with Gasteiger partial charge in [-0.25, -0.2) is 4.98 Å². The number of nitrogens with one attached hydrogen (secondary N) is 1. The average molecular weight is 301 g/mol. The number of amides is 1. The van der Waals surface area contributed by atoms with Gasteiger partial charge in [-0.2, -0.15) is 0 Å². The second-order valence-corrected chi connectivity index (χ2v) is 5.74. The van der Waals surface area contributed by atoms with E-state index in [1.165, 1.54) is 0 Å². The topological polar surface area (TPSA) is 56.2 Å². The molecule has 2 aromatic rings. The molecule has 22 heavy (non-hydrogen) atoms. The Kier molecular flexibility index (Phi) is 4.73. The number of nitrogens with zero attached hydrogens (tertiary/aromatic N) is 2. The third kappa shape index (κ3) is 3.14. The number of carbonyl (C=O) groups is 1. The summed E-state index contributed by atoms with van der Waals surface area (Å²) in [6.45, 7) is 4.25.